The van der Waals surface area contributed by atoms with Gasteiger partial charge in [-0.1, -0.05) is 31.9 Å². The first kappa shape index (κ1) is 16.5. The maximum Gasteiger partial charge on any atom is 0.0863 e. The van der Waals surface area contributed by atoms with Crippen LogP contribution < -0.4 is 5.32 Å². The molecule has 4 nitrogen and oxygen atoms in total. The average Bonchev–Trinajstić information content (AvgIpc) is 2.66. The van der Waals surface area contributed by atoms with E-state index in [2.05, 4.69) is 24.3 Å². The molecule has 0 fully saturated rings. The molecule has 5 heteroatoms. The molecule has 1 rings (SSSR count). The van der Waals surface area contributed by atoms with E-state index in [1.165, 1.54) is 0 Å². The van der Waals surface area contributed by atoms with Crippen LogP contribution in [0.25, 0.3) is 0 Å². The van der Waals surface area contributed by atoms with Crippen molar-refractivity contribution < 1.29 is 5.11 Å². The Bertz CT molecular complexity index is 373. The summed E-state index contributed by atoms with van der Waals surface area (Å²) < 4.78 is 1.86. The zero-order chi connectivity index (χ0) is 14.3. The number of nitrogens with zero attached hydrogens (tertiary/aromatic N) is 2. The Kier molecular flexibility index (Phi) is 7.42. The second-order valence-corrected chi connectivity index (χ2v) is 5.36. The van der Waals surface area contributed by atoms with Gasteiger partial charge in [0.1, 0.15) is 0 Å². The summed E-state index contributed by atoms with van der Waals surface area (Å²) in [5, 5.41) is 17.7. The maximum atomic E-state index is 9.04. The van der Waals surface area contributed by atoms with Gasteiger partial charge in [0.05, 0.1) is 16.4 Å². The van der Waals surface area contributed by atoms with Crippen molar-refractivity contribution in [2.24, 2.45) is 13.0 Å². The quantitative estimate of drug-likeness (QED) is 0.734. The van der Waals surface area contributed by atoms with Gasteiger partial charge in [0.25, 0.3) is 0 Å². The van der Waals surface area contributed by atoms with E-state index in [0.29, 0.717) is 5.92 Å². The van der Waals surface area contributed by atoms with Crippen molar-refractivity contribution in [2.45, 2.75) is 46.1 Å². The molecule has 2 N–H and O–H groups in total. The van der Waals surface area contributed by atoms with Crippen molar-refractivity contribution in [1.29, 1.82) is 0 Å². The molecule has 0 aliphatic carbocycles. The molecule has 0 saturated heterocycles. The second-order valence-electron chi connectivity index (χ2n) is 4.98. The van der Waals surface area contributed by atoms with E-state index in [0.717, 1.165) is 55.2 Å². The molecule has 0 spiro atoms. The third kappa shape index (κ3) is 4.79. The first-order chi connectivity index (χ1) is 9.13. The molecular formula is C14H26ClN3O. The molecular weight excluding hydrogens is 262 g/mol. The zero-order valence-electron chi connectivity index (χ0n) is 12.2. The third-order valence-corrected chi connectivity index (χ3v) is 3.90. The summed E-state index contributed by atoms with van der Waals surface area (Å²) in [7, 11) is 1.93. The topological polar surface area (TPSA) is 50.1 Å². The first-order valence-electron chi connectivity index (χ1n) is 7.15. The summed E-state index contributed by atoms with van der Waals surface area (Å²) in [6.45, 7) is 6.14. The lowest BCUT2D eigenvalue weighted by molar-refractivity contribution is 0.247. The average molecular weight is 288 g/mol. The minimum Gasteiger partial charge on any atom is -0.396 e. The minimum absolute atomic E-state index is 0.263. The van der Waals surface area contributed by atoms with Gasteiger partial charge in [-0.15, -0.1) is 0 Å². The molecule has 19 heavy (non-hydrogen) atoms. The van der Waals surface area contributed by atoms with E-state index in [4.69, 9.17) is 16.7 Å². The normalized spacial score (nSPS) is 12.9. The molecule has 0 aliphatic heterocycles. The Morgan fingerprint density at radius 3 is 2.63 bits per heavy atom. The molecule has 0 aromatic carbocycles. The summed E-state index contributed by atoms with van der Waals surface area (Å²) in [5.41, 5.74) is 2.00. The molecule has 0 radical (unpaired) electrons. The Hall–Kier alpha value is -0.580. The minimum atomic E-state index is 0.263. The molecule has 1 aromatic heterocycles. The fraction of sp³-hybridized carbons (Fsp3) is 0.786. The number of hydrogen-bond acceptors (Lipinski definition) is 3. The highest BCUT2D eigenvalue weighted by Crippen LogP contribution is 2.20. The number of aliphatic hydroxyl groups is 1. The lowest BCUT2D eigenvalue weighted by atomic mass is 10.0. The Balaban J connectivity index is 2.50. The van der Waals surface area contributed by atoms with Gasteiger partial charge in [0, 0.05) is 20.2 Å². The number of halogens is 1. The predicted octanol–water partition coefficient (Wildman–Crippen LogP) is 2.52. The fourth-order valence-corrected chi connectivity index (χ4v) is 2.71. The lowest BCUT2D eigenvalue weighted by Crippen LogP contribution is -2.24. The second kappa shape index (κ2) is 8.56. The SMILES string of the molecule is CCCC(CCO)CNCc1c(Cl)c(CC)nn1C. The maximum absolute atomic E-state index is 9.04. The van der Waals surface area contributed by atoms with Crippen LogP contribution in [0.15, 0.2) is 0 Å². The van der Waals surface area contributed by atoms with Crippen LogP contribution >= 0.6 is 11.6 Å². The number of aromatic nitrogens is 2. The molecule has 1 heterocycles. The standard InChI is InChI=1S/C14H26ClN3O/c1-4-6-11(7-8-19)9-16-10-13-14(15)12(5-2)17-18(13)3/h11,16,19H,4-10H2,1-3H3. The molecule has 110 valence electrons. The molecule has 1 unspecified atom stereocenters. The highest BCUT2D eigenvalue weighted by Gasteiger charge is 2.13. The summed E-state index contributed by atoms with van der Waals surface area (Å²) in [6, 6.07) is 0. The van der Waals surface area contributed by atoms with Crippen molar-refractivity contribution in [1.82, 2.24) is 15.1 Å². The molecule has 1 aromatic rings. The van der Waals surface area contributed by atoms with Crippen LogP contribution in [0.4, 0.5) is 0 Å². The van der Waals surface area contributed by atoms with Gasteiger partial charge in [-0.2, -0.15) is 5.10 Å². The van der Waals surface area contributed by atoms with Crippen LogP contribution in [0.3, 0.4) is 0 Å². The molecule has 0 aliphatic rings. The van der Waals surface area contributed by atoms with Gasteiger partial charge >= 0.3 is 0 Å². The van der Waals surface area contributed by atoms with Crippen molar-refractivity contribution in [3.63, 3.8) is 0 Å². The van der Waals surface area contributed by atoms with E-state index >= 15 is 0 Å². The van der Waals surface area contributed by atoms with E-state index < -0.39 is 0 Å². The van der Waals surface area contributed by atoms with Gasteiger partial charge in [-0.25, -0.2) is 0 Å². The van der Waals surface area contributed by atoms with Crippen molar-refractivity contribution in [3.05, 3.63) is 16.4 Å². The van der Waals surface area contributed by atoms with Gasteiger partial charge in [-0.3, -0.25) is 4.68 Å². The first-order valence-corrected chi connectivity index (χ1v) is 7.53. The summed E-state index contributed by atoms with van der Waals surface area (Å²) in [6.07, 6.45) is 4.02. The van der Waals surface area contributed by atoms with Crippen molar-refractivity contribution in [3.8, 4) is 0 Å². The van der Waals surface area contributed by atoms with Gasteiger partial charge < -0.3 is 10.4 Å². The summed E-state index contributed by atoms with van der Waals surface area (Å²) in [5.74, 6) is 0.535. The van der Waals surface area contributed by atoms with Gasteiger partial charge in [0.15, 0.2) is 0 Å². The number of hydrogen-bond donors (Lipinski definition) is 2. The molecule has 1 atom stereocenters. The number of rotatable bonds is 9. The highest BCUT2D eigenvalue weighted by atomic mass is 35.5. The monoisotopic (exact) mass is 287 g/mol. The number of aryl methyl sites for hydroxylation is 2. The van der Waals surface area contributed by atoms with Crippen molar-refractivity contribution in [2.75, 3.05) is 13.2 Å². The Labute approximate surface area is 121 Å². The van der Waals surface area contributed by atoms with Crippen LogP contribution in [0.5, 0.6) is 0 Å². The number of nitrogens with one attached hydrogen (secondary N) is 1. The predicted molar refractivity (Wildman–Crippen MR) is 79.4 cm³/mol. The van der Waals surface area contributed by atoms with Crippen LogP contribution in [-0.2, 0) is 20.0 Å². The zero-order valence-corrected chi connectivity index (χ0v) is 13.0. The van der Waals surface area contributed by atoms with Crippen LogP contribution in [0.2, 0.25) is 5.02 Å². The molecule has 0 amide bonds. The third-order valence-electron chi connectivity index (χ3n) is 3.46. The van der Waals surface area contributed by atoms with Crippen LogP contribution in [0, 0.1) is 5.92 Å². The van der Waals surface area contributed by atoms with E-state index in [-0.39, 0.29) is 6.61 Å². The highest BCUT2D eigenvalue weighted by molar-refractivity contribution is 6.31. The number of aliphatic hydroxyl groups excluding tert-OH is 1. The fourth-order valence-electron chi connectivity index (χ4n) is 2.35. The van der Waals surface area contributed by atoms with Gasteiger partial charge in [-0.05, 0) is 31.7 Å². The largest absolute Gasteiger partial charge is 0.396 e. The molecule has 0 bridgehead atoms. The smallest absolute Gasteiger partial charge is 0.0863 e. The lowest BCUT2D eigenvalue weighted by Gasteiger charge is -2.15. The van der Waals surface area contributed by atoms with E-state index in [1.807, 2.05) is 11.7 Å². The van der Waals surface area contributed by atoms with E-state index in [1.54, 1.807) is 0 Å². The summed E-state index contributed by atoms with van der Waals surface area (Å²) >= 11 is 6.30. The Morgan fingerprint density at radius 2 is 2.11 bits per heavy atom. The van der Waals surface area contributed by atoms with E-state index in [9.17, 15) is 0 Å². The van der Waals surface area contributed by atoms with Gasteiger partial charge in [0.2, 0.25) is 0 Å². The van der Waals surface area contributed by atoms with Crippen molar-refractivity contribution >= 4 is 11.6 Å². The molecule has 0 saturated carbocycles. The summed E-state index contributed by atoms with van der Waals surface area (Å²) in [4.78, 5) is 0. The van der Waals surface area contributed by atoms with Crippen LogP contribution in [0.1, 0.15) is 44.5 Å². The Morgan fingerprint density at radius 1 is 1.37 bits per heavy atom. The van der Waals surface area contributed by atoms with Crippen LogP contribution in [-0.4, -0.2) is 28.0 Å².